The Bertz CT molecular complexity index is 1300. The second-order valence-electron chi connectivity index (χ2n) is 8.09. The number of para-hydroxylation sites is 1. The molecule has 0 aliphatic rings. The number of nitrogens with one attached hydrogen (secondary N) is 2. The smallest absolute Gasteiger partial charge is 0.308 e. The molecule has 1 aromatic heterocycles. The number of rotatable bonds is 12. The van der Waals surface area contributed by atoms with Crippen molar-refractivity contribution in [3.05, 3.63) is 101 Å². The van der Waals surface area contributed by atoms with E-state index in [2.05, 4.69) is 20.8 Å². The first-order valence-corrected chi connectivity index (χ1v) is 12.5. The van der Waals surface area contributed by atoms with Crippen LogP contribution in [0, 0.1) is 0 Å². The quantitative estimate of drug-likeness (QED) is 0.247. The molecular formula is C28H29ClN4O4. The molecule has 8 nitrogen and oxygen atoms in total. The van der Waals surface area contributed by atoms with E-state index in [-0.39, 0.29) is 11.8 Å². The molecule has 1 heterocycles. The molecule has 0 aliphatic carbocycles. The summed E-state index contributed by atoms with van der Waals surface area (Å²) in [6.07, 6.45) is 0.599. The summed E-state index contributed by atoms with van der Waals surface area (Å²) in [5.74, 6) is 1.11. The maximum absolute atomic E-state index is 12.7. The van der Waals surface area contributed by atoms with Crippen molar-refractivity contribution >= 4 is 23.2 Å². The lowest BCUT2D eigenvalue weighted by Gasteiger charge is -2.17. The van der Waals surface area contributed by atoms with Gasteiger partial charge in [-0.15, -0.1) is 10.2 Å². The number of hydrogen-bond donors (Lipinski definition) is 2. The summed E-state index contributed by atoms with van der Waals surface area (Å²) in [4.78, 5) is 12.7. The third-order valence-corrected chi connectivity index (χ3v) is 5.73. The molecule has 0 fully saturated rings. The summed E-state index contributed by atoms with van der Waals surface area (Å²) in [7, 11) is 0. The van der Waals surface area contributed by atoms with Crippen LogP contribution in [0.3, 0.4) is 0 Å². The number of carbonyl (C=O) groups excluding carboxylic acids is 1. The first-order chi connectivity index (χ1) is 18.1. The van der Waals surface area contributed by atoms with E-state index >= 15 is 0 Å². The van der Waals surface area contributed by atoms with Crippen molar-refractivity contribution in [1.82, 2.24) is 15.5 Å². The lowest BCUT2D eigenvalue weighted by Crippen LogP contribution is -2.26. The predicted octanol–water partition coefficient (Wildman–Crippen LogP) is 5.69. The van der Waals surface area contributed by atoms with Gasteiger partial charge in [-0.3, -0.25) is 4.79 Å². The first kappa shape index (κ1) is 26.0. The van der Waals surface area contributed by atoms with E-state index in [4.69, 9.17) is 25.5 Å². The van der Waals surface area contributed by atoms with Crippen LogP contribution in [0.25, 0.3) is 0 Å². The van der Waals surface area contributed by atoms with Gasteiger partial charge in [0, 0.05) is 17.3 Å². The Morgan fingerprint density at radius 3 is 2.41 bits per heavy atom. The molecule has 4 rings (SSSR count). The molecule has 0 spiro atoms. The lowest BCUT2D eigenvalue weighted by atomic mass is 10.1. The molecule has 0 aliphatic heterocycles. The van der Waals surface area contributed by atoms with E-state index in [0.717, 1.165) is 16.8 Å². The van der Waals surface area contributed by atoms with Crippen molar-refractivity contribution in [2.45, 2.75) is 26.3 Å². The number of carbonyl (C=O) groups is 1. The predicted molar refractivity (Wildman–Crippen MR) is 142 cm³/mol. The largest absolute Gasteiger partial charge is 0.490 e. The number of hydrogen-bond acceptors (Lipinski definition) is 7. The van der Waals surface area contributed by atoms with Crippen molar-refractivity contribution in [2.24, 2.45) is 0 Å². The highest BCUT2D eigenvalue weighted by molar-refractivity contribution is 6.30. The van der Waals surface area contributed by atoms with Crippen molar-refractivity contribution in [2.75, 3.05) is 25.1 Å². The summed E-state index contributed by atoms with van der Waals surface area (Å²) in [5.41, 5.74) is 2.74. The van der Waals surface area contributed by atoms with Crippen LogP contribution in [0.15, 0.2) is 77.2 Å². The van der Waals surface area contributed by atoms with Gasteiger partial charge in [-0.1, -0.05) is 48.0 Å². The van der Waals surface area contributed by atoms with Gasteiger partial charge in [-0.25, -0.2) is 0 Å². The monoisotopic (exact) mass is 520 g/mol. The number of ether oxygens (including phenoxy) is 2. The number of aromatic nitrogens is 2. The molecule has 9 heteroatoms. The van der Waals surface area contributed by atoms with E-state index in [0.29, 0.717) is 42.7 Å². The lowest BCUT2D eigenvalue weighted by molar-refractivity contribution is 0.0917. The third-order valence-electron chi connectivity index (χ3n) is 5.48. The van der Waals surface area contributed by atoms with Crippen molar-refractivity contribution in [1.29, 1.82) is 0 Å². The van der Waals surface area contributed by atoms with Gasteiger partial charge >= 0.3 is 11.8 Å². The summed E-state index contributed by atoms with van der Waals surface area (Å²) in [5, 5.41) is 15.0. The highest BCUT2D eigenvalue weighted by Gasteiger charge is 2.23. The van der Waals surface area contributed by atoms with Gasteiger partial charge in [0.05, 0.1) is 13.2 Å². The van der Waals surface area contributed by atoms with Gasteiger partial charge < -0.3 is 24.5 Å². The Morgan fingerprint density at radius 2 is 1.68 bits per heavy atom. The zero-order valence-electron chi connectivity index (χ0n) is 20.7. The van der Waals surface area contributed by atoms with E-state index in [1.54, 1.807) is 12.1 Å². The molecule has 4 aromatic rings. The van der Waals surface area contributed by atoms with Crippen LogP contribution < -0.4 is 20.1 Å². The Labute approximate surface area is 221 Å². The van der Waals surface area contributed by atoms with E-state index in [1.165, 1.54) is 0 Å². The minimum Gasteiger partial charge on any atom is -0.490 e. The zero-order chi connectivity index (χ0) is 26.0. The highest BCUT2D eigenvalue weighted by Crippen LogP contribution is 2.29. The summed E-state index contributed by atoms with van der Waals surface area (Å²) >= 11 is 6.07. The van der Waals surface area contributed by atoms with E-state index in [1.807, 2.05) is 74.5 Å². The van der Waals surface area contributed by atoms with Crippen LogP contribution in [-0.4, -0.2) is 35.9 Å². The number of nitrogens with zero attached hydrogens (tertiary/aromatic N) is 2. The Kier molecular flexibility index (Phi) is 8.99. The van der Waals surface area contributed by atoms with E-state index in [9.17, 15) is 4.79 Å². The van der Waals surface area contributed by atoms with Crippen LogP contribution in [0.1, 0.15) is 47.6 Å². The zero-order valence-corrected chi connectivity index (χ0v) is 21.5. The average molecular weight is 521 g/mol. The molecule has 1 amide bonds. The molecule has 3 aromatic carbocycles. The molecule has 1 atom stereocenters. The molecule has 2 N–H and O–H groups in total. The van der Waals surface area contributed by atoms with Crippen LogP contribution in [0.2, 0.25) is 5.02 Å². The number of benzene rings is 3. The van der Waals surface area contributed by atoms with Crippen LogP contribution in [0.5, 0.6) is 11.5 Å². The maximum Gasteiger partial charge on any atom is 0.308 e. The minimum absolute atomic E-state index is 0.106. The van der Waals surface area contributed by atoms with Gasteiger partial charge in [0.1, 0.15) is 6.04 Å². The molecule has 192 valence electrons. The van der Waals surface area contributed by atoms with Gasteiger partial charge in [0.25, 0.3) is 0 Å². The van der Waals surface area contributed by atoms with Crippen LogP contribution in [-0.2, 0) is 6.42 Å². The first-order valence-electron chi connectivity index (χ1n) is 12.1. The second kappa shape index (κ2) is 12.8. The van der Waals surface area contributed by atoms with Gasteiger partial charge in [-0.2, -0.15) is 0 Å². The minimum atomic E-state index is -0.463. The van der Waals surface area contributed by atoms with Gasteiger partial charge in [0.2, 0.25) is 5.89 Å². The fraction of sp³-hybridized carbons (Fsp3) is 0.250. The topological polar surface area (TPSA) is 98.5 Å². The molecule has 0 unspecified atom stereocenters. The fourth-order valence-electron chi connectivity index (χ4n) is 3.73. The number of anilines is 1. The fourth-order valence-corrected chi connectivity index (χ4v) is 3.86. The van der Waals surface area contributed by atoms with Crippen LogP contribution >= 0.6 is 11.6 Å². The Hall–Kier alpha value is -4.04. The molecule has 37 heavy (non-hydrogen) atoms. The summed E-state index contributed by atoms with van der Waals surface area (Å²) < 4.78 is 17.1. The molecule has 0 radical (unpaired) electrons. The molecule has 0 bridgehead atoms. The number of amides is 1. The summed E-state index contributed by atoms with van der Waals surface area (Å²) in [6.45, 7) is 5.34. The SMILES string of the molecule is CCOc1ccc(CCNC(=O)c2nnc([C@@H](Nc3ccccc3)c3ccc(Cl)cc3)o2)cc1OCC. The average Bonchev–Trinajstić information content (AvgIpc) is 3.40. The maximum atomic E-state index is 12.7. The Balaban J connectivity index is 1.42. The van der Waals surface area contributed by atoms with E-state index < -0.39 is 11.9 Å². The van der Waals surface area contributed by atoms with Gasteiger partial charge in [-0.05, 0) is 67.8 Å². The normalized spacial score (nSPS) is 11.5. The third kappa shape index (κ3) is 7.01. The van der Waals surface area contributed by atoms with Crippen molar-refractivity contribution in [3.8, 4) is 11.5 Å². The van der Waals surface area contributed by atoms with Gasteiger partial charge in [0.15, 0.2) is 11.5 Å². The van der Waals surface area contributed by atoms with Crippen molar-refractivity contribution in [3.63, 3.8) is 0 Å². The second-order valence-corrected chi connectivity index (χ2v) is 8.53. The van der Waals surface area contributed by atoms with Crippen LogP contribution in [0.4, 0.5) is 5.69 Å². The van der Waals surface area contributed by atoms with Crippen molar-refractivity contribution < 1.29 is 18.7 Å². The number of halogens is 1. The highest BCUT2D eigenvalue weighted by atomic mass is 35.5. The molecular weight excluding hydrogens is 492 g/mol. The standard InChI is InChI=1S/C28H29ClN4O4/c1-3-35-23-15-10-19(18-24(23)36-4-2)16-17-30-26(34)28-33-32-27(37-28)25(20-11-13-21(29)14-12-20)31-22-8-6-5-7-9-22/h5-15,18,25,31H,3-4,16-17H2,1-2H3,(H,30,34)/t25-/m0/s1. The summed E-state index contributed by atoms with van der Waals surface area (Å²) in [6, 6.07) is 22.3. The molecule has 0 saturated carbocycles. The Morgan fingerprint density at radius 1 is 0.946 bits per heavy atom. The molecule has 0 saturated heterocycles.